The Hall–Kier alpha value is -2.06. The zero-order chi connectivity index (χ0) is 15.9. The highest BCUT2D eigenvalue weighted by Crippen LogP contribution is 2.18. The summed E-state index contributed by atoms with van der Waals surface area (Å²) in [7, 11) is 1.67. The second-order valence-corrected chi connectivity index (χ2v) is 7.27. The molecule has 3 aromatic heterocycles. The van der Waals surface area contributed by atoms with Crippen LogP contribution in [0.3, 0.4) is 0 Å². The summed E-state index contributed by atoms with van der Waals surface area (Å²) in [5.41, 5.74) is 0.950. The topological polar surface area (TPSA) is 79.0 Å². The minimum atomic E-state index is -0.171. The Kier molecular flexibility index (Phi) is 3.79. The summed E-state index contributed by atoms with van der Waals surface area (Å²) < 4.78 is 0.601. The van der Waals surface area contributed by atoms with Gasteiger partial charge in [-0.2, -0.15) is 0 Å². The first-order chi connectivity index (χ1) is 10.5. The van der Waals surface area contributed by atoms with E-state index in [2.05, 4.69) is 15.0 Å². The molecule has 6 nitrogen and oxygen atoms in total. The third kappa shape index (κ3) is 2.67. The van der Waals surface area contributed by atoms with Crippen LogP contribution in [0.5, 0.6) is 0 Å². The molecular weight excluding hydrogens is 320 g/mol. The van der Waals surface area contributed by atoms with E-state index in [-0.39, 0.29) is 18.0 Å². The molecule has 0 saturated carbocycles. The number of thiophene rings is 1. The Labute approximate surface area is 134 Å². The highest BCUT2D eigenvalue weighted by atomic mass is 32.1. The van der Waals surface area contributed by atoms with Crippen LogP contribution in [0.15, 0.2) is 16.2 Å². The number of carbonyl (C=O) groups is 1. The van der Waals surface area contributed by atoms with Gasteiger partial charge in [-0.25, -0.2) is 9.97 Å². The van der Waals surface area contributed by atoms with Crippen LogP contribution in [0, 0.1) is 13.8 Å². The van der Waals surface area contributed by atoms with Crippen molar-refractivity contribution >= 4 is 38.8 Å². The van der Waals surface area contributed by atoms with E-state index in [1.807, 2.05) is 19.2 Å². The molecule has 1 amide bonds. The zero-order valence-electron chi connectivity index (χ0n) is 12.3. The largest absolute Gasteiger partial charge is 0.333 e. The number of amides is 1. The Morgan fingerprint density at radius 3 is 2.82 bits per heavy atom. The van der Waals surface area contributed by atoms with E-state index < -0.39 is 0 Å². The van der Waals surface area contributed by atoms with Crippen LogP contribution in [-0.2, 0) is 6.54 Å². The Balaban J connectivity index is 1.86. The van der Waals surface area contributed by atoms with Gasteiger partial charge in [-0.05, 0) is 25.3 Å². The van der Waals surface area contributed by atoms with Gasteiger partial charge in [-0.3, -0.25) is 9.59 Å². The molecule has 0 spiro atoms. The smallest absolute Gasteiger partial charge is 0.273 e. The molecular formula is C14H14N4O2S2. The van der Waals surface area contributed by atoms with Gasteiger partial charge in [0.2, 0.25) is 0 Å². The summed E-state index contributed by atoms with van der Waals surface area (Å²) in [6.07, 6.45) is 0. The standard InChI is InChI=1S/C14H14N4O2S2/c1-7-11(15-8(2)22-7)14(20)18(3)6-10-16-9-4-5-21-12(9)13(19)17-10/h4-5H,6H2,1-3H3,(H,16,17,19). The van der Waals surface area contributed by atoms with Crippen molar-refractivity contribution < 1.29 is 4.79 Å². The molecule has 0 saturated heterocycles. The number of aromatic nitrogens is 3. The lowest BCUT2D eigenvalue weighted by molar-refractivity contribution is 0.0775. The summed E-state index contributed by atoms with van der Waals surface area (Å²) in [5.74, 6) is 0.297. The Morgan fingerprint density at radius 1 is 1.36 bits per heavy atom. The average Bonchev–Trinajstić information content (AvgIpc) is 3.04. The van der Waals surface area contributed by atoms with Crippen molar-refractivity contribution in [2.45, 2.75) is 20.4 Å². The molecule has 0 aliphatic rings. The summed E-state index contributed by atoms with van der Waals surface area (Å²) >= 11 is 2.85. The molecule has 3 aromatic rings. The van der Waals surface area contributed by atoms with Crippen molar-refractivity contribution in [2.24, 2.45) is 0 Å². The summed E-state index contributed by atoms with van der Waals surface area (Å²) in [4.78, 5) is 38.2. The minimum absolute atomic E-state index is 0.170. The monoisotopic (exact) mass is 334 g/mol. The van der Waals surface area contributed by atoms with Crippen LogP contribution in [0.25, 0.3) is 10.2 Å². The summed E-state index contributed by atoms with van der Waals surface area (Å²) in [6, 6.07) is 1.80. The van der Waals surface area contributed by atoms with Gasteiger partial charge in [-0.15, -0.1) is 22.7 Å². The van der Waals surface area contributed by atoms with Gasteiger partial charge in [0.1, 0.15) is 16.2 Å². The summed E-state index contributed by atoms with van der Waals surface area (Å²) in [5, 5.41) is 2.69. The van der Waals surface area contributed by atoms with Crippen LogP contribution < -0.4 is 5.56 Å². The van der Waals surface area contributed by atoms with Gasteiger partial charge in [0, 0.05) is 11.9 Å². The fourth-order valence-electron chi connectivity index (χ4n) is 2.20. The number of nitrogens with zero attached hydrogens (tertiary/aromatic N) is 3. The number of nitrogens with one attached hydrogen (secondary N) is 1. The lowest BCUT2D eigenvalue weighted by atomic mass is 10.3. The maximum atomic E-state index is 12.4. The molecule has 3 rings (SSSR count). The van der Waals surface area contributed by atoms with Gasteiger partial charge in [0.15, 0.2) is 0 Å². The van der Waals surface area contributed by atoms with Crippen LogP contribution in [-0.4, -0.2) is 32.8 Å². The summed E-state index contributed by atoms with van der Waals surface area (Å²) in [6.45, 7) is 3.98. The van der Waals surface area contributed by atoms with Crippen LogP contribution in [0.4, 0.5) is 0 Å². The quantitative estimate of drug-likeness (QED) is 0.797. The van der Waals surface area contributed by atoms with Gasteiger partial charge < -0.3 is 9.88 Å². The fourth-order valence-corrected chi connectivity index (χ4v) is 3.74. The van der Waals surface area contributed by atoms with E-state index in [0.717, 1.165) is 9.88 Å². The Morgan fingerprint density at radius 2 is 2.14 bits per heavy atom. The molecule has 114 valence electrons. The van der Waals surface area contributed by atoms with Crippen molar-refractivity contribution in [1.82, 2.24) is 19.9 Å². The lowest BCUT2D eigenvalue weighted by Gasteiger charge is -2.15. The number of fused-ring (bicyclic) bond motifs is 1. The van der Waals surface area contributed by atoms with Crippen molar-refractivity contribution in [3.8, 4) is 0 Å². The predicted octanol–water partition coefficient (Wildman–Crippen LogP) is 2.33. The average molecular weight is 334 g/mol. The highest BCUT2D eigenvalue weighted by Gasteiger charge is 2.19. The van der Waals surface area contributed by atoms with E-state index in [1.165, 1.54) is 27.6 Å². The SMILES string of the molecule is Cc1nc(C(=O)N(C)Cc2nc3ccsc3c(=O)[nH]2)c(C)s1. The molecule has 0 fully saturated rings. The van der Waals surface area contributed by atoms with E-state index in [4.69, 9.17) is 0 Å². The highest BCUT2D eigenvalue weighted by molar-refractivity contribution is 7.17. The first kappa shape index (κ1) is 14.9. The molecule has 22 heavy (non-hydrogen) atoms. The van der Waals surface area contributed by atoms with Crippen LogP contribution >= 0.6 is 22.7 Å². The lowest BCUT2D eigenvalue weighted by Crippen LogP contribution is -2.29. The Bertz CT molecular complexity index is 909. The predicted molar refractivity (Wildman–Crippen MR) is 87.6 cm³/mol. The van der Waals surface area contributed by atoms with Crippen molar-refractivity contribution in [3.05, 3.63) is 43.2 Å². The second-order valence-electron chi connectivity index (χ2n) is 4.95. The number of hydrogen-bond acceptors (Lipinski definition) is 6. The van der Waals surface area contributed by atoms with Crippen molar-refractivity contribution in [1.29, 1.82) is 0 Å². The number of rotatable bonds is 3. The fraction of sp³-hybridized carbons (Fsp3) is 0.286. The molecule has 0 unspecified atom stereocenters. The van der Waals surface area contributed by atoms with Gasteiger partial charge in [0.05, 0.1) is 17.1 Å². The van der Waals surface area contributed by atoms with Crippen molar-refractivity contribution in [2.75, 3.05) is 7.05 Å². The third-order valence-corrected chi connectivity index (χ3v) is 4.99. The molecule has 3 heterocycles. The minimum Gasteiger partial charge on any atom is -0.333 e. The van der Waals surface area contributed by atoms with Gasteiger partial charge >= 0.3 is 0 Å². The van der Waals surface area contributed by atoms with E-state index in [1.54, 1.807) is 13.1 Å². The van der Waals surface area contributed by atoms with Gasteiger partial charge in [-0.1, -0.05) is 0 Å². The van der Waals surface area contributed by atoms with Crippen LogP contribution in [0.1, 0.15) is 26.2 Å². The van der Waals surface area contributed by atoms with E-state index in [9.17, 15) is 9.59 Å². The second kappa shape index (κ2) is 5.62. The number of aryl methyl sites for hydroxylation is 2. The van der Waals surface area contributed by atoms with E-state index >= 15 is 0 Å². The molecule has 0 aliphatic carbocycles. The molecule has 0 aromatic carbocycles. The maximum Gasteiger partial charge on any atom is 0.273 e. The molecule has 0 radical (unpaired) electrons. The zero-order valence-corrected chi connectivity index (χ0v) is 14.0. The molecule has 0 bridgehead atoms. The maximum absolute atomic E-state index is 12.4. The first-order valence-corrected chi connectivity index (χ1v) is 8.31. The van der Waals surface area contributed by atoms with Gasteiger partial charge in [0.25, 0.3) is 11.5 Å². The molecule has 0 aliphatic heterocycles. The molecule has 0 atom stereocenters. The number of carbonyl (C=O) groups excluding carboxylic acids is 1. The van der Waals surface area contributed by atoms with Crippen molar-refractivity contribution in [3.63, 3.8) is 0 Å². The molecule has 1 N–H and O–H groups in total. The number of hydrogen-bond donors (Lipinski definition) is 1. The van der Waals surface area contributed by atoms with Crippen LogP contribution in [0.2, 0.25) is 0 Å². The molecule has 8 heteroatoms. The third-order valence-electron chi connectivity index (χ3n) is 3.20. The normalized spacial score (nSPS) is 11.0. The van der Waals surface area contributed by atoms with E-state index in [0.29, 0.717) is 21.7 Å². The number of thiazole rings is 1. The number of aromatic amines is 1. The number of H-pyrrole nitrogens is 1. The first-order valence-electron chi connectivity index (χ1n) is 6.61.